The molecule has 3 N–H and O–H groups in total. The monoisotopic (exact) mass is 207 g/mol. The second-order valence-electron chi connectivity index (χ2n) is 4.16. The van der Waals surface area contributed by atoms with Crippen LogP contribution in [0.1, 0.15) is 25.7 Å². The Bertz CT molecular complexity index is 311. The van der Waals surface area contributed by atoms with Crippen LogP contribution in [0.15, 0.2) is 30.3 Å². The molecule has 0 unspecified atom stereocenters. The van der Waals surface area contributed by atoms with Crippen LogP contribution in [0.3, 0.4) is 0 Å². The van der Waals surface area contributed by atoms with Gasteiger partial charge in [-0.05, 0) is 37.8 Å². The van der Waals surface area contributed by atoms with Crippen molar-refractivity contribution >= 4 is 0 Å². The summed E-state index contributed by atoms with van der Waals surface area (Å²) in [5.41, 5.74) is 4.63. The molecule has 1 aliphatic carbocycles. The van der Waals surface area contributed by atoms with Crippen LogP contribution in [0.25, 0.3) is 0 Å². The quantitative estimate of drug-likeness (QED) is 0.725. The van der Waals surface area contributed by atoms with E-state index in [4.69, 9.17) is 10.5 Å². The number of hydrogen-bond acceptors (Lipinski definition) is 3. The van der Waals surface area contributed by atoms with Crippen LogP contribution in [-0.2, 0) is 0 Å². The lowest BCUT2D eigenvalue weighted by Crippen LogP contribution is -2.55. The zero-order valence-electron chi connectivity index (χ0n) is 8.73. The predicted molar refractivity (Wildman–Crippen MR) is 58.5 cm³/mol. The molecule has 1 fully saturated rings. The van der Waals surface area contributed by atoms with Gasteiger partial charge in [0.2, 0.25) is 0 Å². The summed E-state index contributed by atoms with van der Waals surface area (Å²) in [6, 6.07) is 9.51. The van der Waals surface area contributed by atoms with E-state index in [-0.39, 0.29) is 6.10 Å². The van der Waals surface area contributed by atoms with Crippen LogP contribution in [-0.4, -0.2) is 16.9 Å². The van der Waals surface area contributed by atoms with E-state index in [9.17, 15) is 5.11 Å². The molecular formula is C12H17NO2. The lowest BCUT2D eigenvalue weighted by Gasteiger charge is -2.36. The zero-order valence-corrected chi connectivity index (χ0v) is 8.73. The van der Waals surface area contributed by atoms with Gasteiger partial charge in [0, 0.05) is 0 Å². The smallest absolute Gasteiger partial charge is 0.150 e. The molecule has 0 radical (unpaired) electrons. The summed E-state index contributed by atoms with van der Waals surface area (Å²) in [7, 11) is 0. The van der Waals surface area contributed by atoms with Gasteiger partial charge in [-0.3, -0.25) is 0 Å². The third kappa shape index (κ3) is 2.49. The molecule has 82 valence electrons. The normalized spacial score (nSPS) is 31.2. The summed E-state index contributed by atoms with van der Waals surface area (Å²) in [5.74, 6) is 0.772. The van der Waals surface area contributed by atoms with E-state index >= 15 is 0 Å². The molecule has 3 nitrogen and oxygen atoms in total. The molecule has 3 heteroatoms. The minimum absolute atomic E-state index is 0.284. The van der Waals surface area contributed by atoms with Gasteiger partial charge < -0.3 is 15.6 Å². The number of benzene rings is 1. The summed E-state index contributed by atoms with van der Waals surface area (Å²) in [4.78, 5) is 0. The fourth-order valence-electron chi connectivity index (χ4n) is 1.97. The highest BCUT2D eigenvalue weighted by atomic mass is 16.5. The standard InChI is InChI=1S/C12H17NO2/c13-12(14)9-5-4-8-11(12)15-10-6-2-1-3-7-10/h1-3,6-7,11,14H,4-5,8-9,13H2/t11-,12+/m1/s1. The number of hydrogen-bond donors (Lipinski definition) is 2. The van der Waals surface area contributed by atoms with Crippen molar-refractivity contribution in [1.82, 2.24) is 0 Å². The molecule has 1 aromatic rings. The van der Waals surface area contributed by atoms with E-state index in [1.807, 2.05) is 30.3 Å². The van der Waals surface area contributed by atoms with Gasteiger partial charge in [0.1, 0.15) is 11.9 Å². The maximum atomic E-state index is 9.95. The SMILES string of the molecule is N[C@]1(O)CCCC[C@H]1Oc1ccccc1. The predicted octanol–water partition coefficient (Wildman–Crippen LogP) is 1.66. The second kappa shape index (κ2) is 4.21. The molecule has 0 aromatic heterocycles. The van der Waals surface area contributed by atoms with Gasteiger partial charge in [-0.25, -0.2) is 0 Å². The van der Waals surface area contributed by atoms with E-state index in [0.29, 0.717) is 6.42 Å². The van der Waals surface area contributed by atoms with Crippen LogP contribution in [0, 0.1) is 0 Å². The Hall–Kier alpha value is -1.06. The Morgan fingerprint density at radius 3 is 2.67 bits per heavy atom. The van der Waals surface area contributed by atoms with E-state index in [1.54, 1.807) is 0 Å². The van der Waals surface area contributed by atoms with Crippen molar-refractivity contribution < 1.29 is 9.84 Å². The molecule has 0 heterocycles. The Labute approximate surface area is 89.9 Å². The Morgan fingerprint density at radius 2 is 2.00 bits per heavy atom. The topological polar surface area (TPSA) is 55.5 Å². The average molecular weight is 207 g/mol. The first-order valence-corrected chi connectivity index (χ1v) is 5.41. The first-order valence-electron chi connectivity index (χ1n) is 5.41. The molecule has 0 bridgehead atoms. The summed E-state index contributed by atoms with van der Waals surface area (Å²) in [5, 5.41) is 9.95. The molecule has 0 saturated heterocycles. The first kappa shape index (κ1) is 10.5. The van der Waals surface area contributed by atoms with Crippen LogP contribution >= 0.6 is 0 Å². The number of para-hydroxylation sites is 1. The molecule has 2 atom stereocenters. The van der Waals surface area contributed by atoms with Gasteiger partial charge in [0.05, 0.1) is 0 Å². The summed E-state index contributed by atoms with van der Waals surface area (Å²) >= 11 is 0. The van der Waals surface area contributed by atoms with Crippen molar-refractivity contribution in [3.8, 4) is 5.75 Å². The maximum absolute atomic E-state index is 9.95. The number of rotatable bonds is 2. The van der Waals surface area contributed by atoms with E-state index in [0.717, 1.165) is 25.0 Å². The molecule has 2 rings (SSSR count). The third-order valence-corrected chi connectivity index (χ3v) is 2.87. The maximum Gasteiger partial charge on any atom is 0.150 e. The van der Waals surface area contributed by atoms with Crippen molar-refractivity contribution in [3.63, 3.8) is 0 Å². The lowest BCUT2D eigenvalue weighted by atomic mass is 9.89. The highest BCUT2D eigenvalue weighted by molar-refractivity contribution is 5.21. The second-order valence-corrected chi connectivity index (χ2v) is 4.16. The van der Waals surface area contributed by atoms with Crippen LogP contribution in [0.5, 0.6) is 5.75 Å². The summed E-state index contributed by atoms with van der Waals surface area (Å²) in [6.45, 7) is 0. The van der Waals surface area contributed by atoms with Gasteiger partial charge in [-0.15, -0.1) is 0 Å². The largest absolute Gasteiger partial charge is 0.486 e. The third-order valence-electron chi connectivity index (χ3n) is 2.87. The fourth-order valence-corrected chi connectivity index (χ4v) is 1.97. The van der Waals surface area contributed by atoms with Gasteiger partial charge in [-0.2, -0.15) is 0 Å². The number of ether oxygens (including phenoxy) is 1. The van der Waals surface area contributed by atoms with Crippen molar-refractivity contribution in [2.75, 3.05) is 0 Å². The molecule has 0 aliphatic heterocycles. The highest BCUT2D eigenvalue weighted by Gasteiger charge is 2.36. The Morgan fingerprint density at radius 1 is 1.27 bits per heavy atom. The summed E-state index contributed by atoms with van der Waals surface area (Å²) in [6.07, 6.45) is 3.19. The summed E-state index contributed by atoms with van der Waals surface area (Å²) < 4.78 is 5.70. The van der Waals surface area contributed by atoms with Gasteiger partial charge >= 0.3 is 0 Å². The van der Waals surface area contributed by atoms with Crippen molar-refractivity contribution in [2.45, 2.75) is 37.5 Å². The molecular weight excluding hydrogens is 190 g/mol. The van der Waals surface area contributed by atoms with Crippen LogP contribution < -0.4 is 10.5 Å². The zero-order chi connectivity index (χ0) is 10.7. The van der Waals surface area contributed by atoms with Crippen LogP contribution in [0.4, 0.5) is 0 Å². The minimum atomic E-state index is -1.17. The van der Waals surface area contributed by atoms with E-state index in [1.165, 1.54) is 0 Å². The first-order chi connectivity index (χ1) is 7.18. The van der Waals surface area contributed by atoms with Crippen molar-refractivity contribution in [2.24, 2.45) is 5.73 Å². The Kier molecular flexibility index (Phi) is 2.93. The molecule has 0 spiro atoms. The lowest BCUT2D eigenvalue weighted by molar-refractivity contribution is -0.0828. The number of aliphatic hydroxyl groups is 1. The molecule has 15 heavy (non-hydrogen) atoms. The van der Waals surface area contributed by atoms with Crippen molar-refractivity contribution in [1.29, 1.82) is 0 Å². The fraction of sp³-hybridized carbons (Fsp3) is 0.500. The Balaban J connectivity index is 2.05. The minimum Gasteiger partial charge on any atom is -0.486 e. The highest BCUT2D eigenvalue weighted by Crippen LogP contribution is 2.28. The van der Waals surface area contributed by atoms with Gasteiger partial charge in [0.25, 0.3) is 0 Å². The molecule has 1 aliphatic rings. The van der Waals surface area contributed by atoms with Gasteiger partial charge in [0.15, 0.2) is 5.72 Å². The average Bonchev–Trinajstić information content (AvgIpc) is 2.23. The van der Waals surface area contributed by atoms with Crippen molar-refractivity contribution in [3.05, 3.63) is 30.3 Å². The van der Waals surface area contributed by atoms with E-state index < -0.39 is 5.72 Å². The van der Waals surface area contributed by atoms with E-state index in [2.05, 4.69) is 0 Å². The molecule has 1 saturated carbocycles. The van der Waals surface area contributed by atoms with Crippen LogP contribution in [0.2, 0.25) is 0 Å². The molecule has 1 aromatic carbocycles. The molecule has 0 amide bonds. The number of nitrogens with two attached hydrogens (primary N) is 1. The van der Waals surface area contributed by atoms with Gasteiger partial charge in [-0.1, -0.05) is 18.2 Å².